The summed E-state index contributed by atoms with van der Waals surface area (Å²) in [5, 5.41) is 0. The average molecular weight is 334 g/mol. The van der Waals surface area contributed by atoms with E-state index in [-0.39, 0.29) is 17.8 Å². The normalized spacial score (nSPS) is 17.8. The molecular formula is C17H16F2N2O3. The molecule has 0 unspecified atom stereocenters. The lowest BCUT2D eigenvalue weighted by molar-refractivity contribution is -0.0504. The van der Waals surface area contributed by atoms with Crippen LogP contribution in [0.15, 0.2) is 48.8 Å². The van der Waals surface area contributed by atoms with Crippen LogP contribution in [0.4, 0.5) is 8.78 Å². The zero-order valence-corrected chi connectivity index (χ0v) is 12.8. The first-order valence-electron chi connectivity index (χ1n) is 7.49. The van der Waals surface area contributed by atoms with Gasteiger partial charge in [-0.05, 0) is 29.8 Å². The van der Waals surface area contributed by atoms with Gasteiger partial charge in [0.1, 0.15) is 11.9 Å². The number of halogens is 2. The highest BCUT2D eigenvalue weighted by Crippen LogP contribution is 2.26. The van der Waals surface area contributed by atoms with Gasteiger partial charge in [-0.25, -0.2) is 0 Å². The maximum Gasteiger partial charge on any atom is 0.387 e. The number of hydrogen-bond acceptors (Lipinski definition) is 4. The Kier molecular flexibility index (Phi) is 5.00. The molecule has 0 N–H and O–H groups in total. The van der Waals surface area contributed by atoms with Crippen molar-refractivity contribution in [1.29, 1.82) is 0 Å². The van der Waals surface area contributed by atoms with Gasteiger partial charge in [0.2, 0.25) is 0 Å². The van der Waals surface area contributed by atoms with Gasteiger partial charge in [0.05, 0.1) is 13.2 Å². The molecule has 2 heterocycles. The molecule has 0 radical (unpaired) electrons. The summed E-state index contributed by atoms with van der Waals surface area (Å²) in [6, 6.07) is 9.67. The highest BCUT2D eigenvalue weighted by molar-refractivity contribution is 5.94. The second-order valence-corrected chi connectivity index (χ2v) is 5.30. The van der Waals surface area contributed by atoms with Crippen LogP contribution in [0.5, 0.6) is 5.75 Å². The smallest absolute Gasteiger partial charge is 0.387 e. The third kappa shape index (κ3) is 3.86. The number of carbonyl (C=O) groups is 1. The van der Waals surface area contributed by atoms with E-state index >= 15 is 0 Å². The molecule has 0 spiro atoms. The van der Waals surface area contributed by atoms with Gasteiger partial charge in [-0.15, -0.1) is 0 Å². The van der Waals surface area contributed by atoms with E-state index in [9.17, 15) is 13.6 Å². The standard InChI is InChI=1S/C17H16F2N2O3/c18-17(19)24-14-3-1-2-13(10-14)15-11-21(8-9-23-15)16(22)12-4-6-20-7-5-12/h1-7,10,15,17H,8-9,11H2/t15-/m0/s1. The zero-order valence-electron chi connectivity index (χ0n) is 12.8. The van der Waals surface area contributed by atoms with Gasteiger partial charge in [-0.1, -0.05) is 12.1 Å². The number of alkyl halides is 2. The van der Waals surface area contributed by atoms with Crippen LogP contribution in [0.3, 0.4) is 0 Å². The molecule has 1 aromatic carbocycles. The Hall–Kier alpha value is -2.54. The lowest BCUT2D eigenvalue weighted by Crippen LogP contribution is -2.42. The van der Waals surface area contributed by atoms with E-state index in [0.717, 1.165) is 0 Å². The molecule has 1 fully saturated rings. The minimum absolute atomic E-state index is 0.0729. The Morgan fingerprint density at radius 1 is 1.29 bits per heavy atom. The maximum atomic E-state index is 12.5. The molecule has 0 bridgehead atoms. The first-order chi connectivity index (χ1) is 11.6. The number of benzene rings is 1. The third-order valence-electron chi connectivity index (χ3n) is 3.74. The number of carbonyl (C=O) groups excluding carboxylic acids is 1. The largest absolute Gasteiger partial charge is 0.435 e. The first kappa shape index (κ1) is 16.3. The number of rotatable bonds is 4. The lowest BCUT2D eigenvalue weighted by Gasteiger charge is -2.33. The Balaban J connectivity index is 1.73. The summed E-state index contributed by atoms with van der Waals surface area (Å²) in [6.07, 6.45) is 2.75. The fourth-order valence-electron chi connectivity index (χ4n) is 2.60. The van der Waals surface area contributed by atoms with Crippen molar-refractivity contribution >= 4 is 5.91 Å². The number of nitrogens with zero attached hydrogens (tertiary/aromatic N) is 2. The highest BCUT2D eigenvalue weighted by Gasteiger charge is 2.26. The van der Waals surface area contributed by atoms with Crippen molar-refractivity contribution in [3.63, 3.8) is 0 Å². The number of aromatic nitrogens is 1. The maximum absolute atomic E-state index is 12.5. The summed E-state index contributed by atoms with van der Waals surface area (Å²) in [5.41, 5.74) is 1.25. The monoisotopic (exact) mass is 334 g/mol. The van der Waals surface area contributed by atoms with Gasteiger partial charge < -0.3 is 14.4 Å². The van der Waals surface area contributed by atoms with Crippen LogP contribution in [-0.2, 0) is 4.74 Å². The molecule has 126 valence electrons. The number of morpholine rings is 1. The number of hydrogen-bond donors (Lipinski definition) is 0. The molecule has 3 rings (SSSR count). The van der Waals surface area contributed by atoms with Gasteiger partial charge in [0.15, 0.2) is 0 Å². The zero-order chi connectivity index (χ0) is 16.9. The SMILES string of the molecule is O=C(c1ccncc1)N1CCO[C@H](c2cccc(OC(F)F)c2)C1. The van der Waals surface area contributed by atoms with Crippen LogP contribution < -0.4 is 4.74 Å². The van der Waals surface area contributed by atoms with Gasteiger partial charge in [-0.2, -0.15) is 8.78 Å². The van der Waals surface area contributed by atoms with Crippen LogP contribution >= 0.6 is 0 Å². The summed E-state index contributed by atoms with van der Waals surface area (Å²) in [4.78, 5) is 18.1. The van der Waals surface area contributed by atoms with Crippen molar-refractivity contribution in [2.45, 2.75) is 12.7 Å². The van der Waals surface area contributed by atoms with Crippen molar-refractivity contribution in [2.24, 2.45) is 0 Å². The number of amides is 1. The van der Waals surface area contributed by atoms with Crippen molar-refractivity contribution < 1.29 is 23.0 Å². The molecule has 1 aliphatic heterocycles. The van der Waals surface area contributed by atoms with E-state index in [1.165, 1.54) is 12.1 Å². The van der Waals surface area contributed by atoms with Crippen LogP contribution in [0.1, 0.15) is 22.0 Å². The molecule has 1 saturated heterocycles. The van der Waals surface area contributed by atoms with Gasteiger partial charge in [0, 0.05) is 24.5 Å². The highest BCUT2D eigenvalue weighted by atomic mass is 19.3. The van der Waals surface area contributed by atoms with Crippen LogP contribution in [0.25, 0.3) is 0 Å². The molecule has 7 heteroatoms. The first-order valence-corrected chi connectivity index (χ1v) is 7.49. The molecule has 1 aliphatic rings. The molecule has 0 saturated carbocycles. The van der Waals surface area contributed by atoms with Crippen molar-refractivity contribution in [1.82, 2.24) is 9.88 Å². The molecule has 5 nitrogen and oxygen atoms in total. The molecule has 0 aliphatic carbocycles. The number of ether oxygens (including phenoxy) is 2. The van der Waals surface area contributed by atoms with E-state index in [2.05, 4.69) is 9.72 Å². The van der Waals surface area contributed by atoms with Crippen LogP contribution in [-0.4, -0.2) is 42.1 Å². The Labute approximate surface area is 137 Å². The quantitative estimate of drug-likeness (QED) is 0.863. The predicted molar refractivity (Wildman–Crippen MR) is 81.9 cm³/mol. The fourth-order valence-corrected chi connectivity index (χ4v) is 2.60. The fraction of sp³-hybridized carbons (Fsp3) is 0.294. The minimum atomic E-state index is -2.88. The lowest BCUT2D eigenvalue weighted by atomic mass is 10.1. The summed E-state index contributed by atoms with van der Waals surface area (Å²) in [6.45, 7) is -1.68. The van der Waals surface area contributed by atoms with E-state index in [1.54, 1.807) is 41.6 Å². The second-order valence-electron chi connectivity index (χ2n) is 5.30. The van der Waals surface area contributed by atoms with Gasteiger partial charge >= 0.3 is 6.61 Å². The van der Waals surface area contributed by atoms with E-state index in [0.29, 0.717) is 30.8 Å². The Bertz CT molecular complexity index is 697. The summed E-state index contributed by atoms with van der Waals surface area (Å²) in [5.74, 6) is -0.0330. The molecule has 24 heavy (non-hydrogen) atoms. The Morgan fingerprint density at radius 2 is 2.08 bits per heavy atom. The van der Waals surface area contributed by atoms with Crippen molar-refractivity contribution in [3.05, 3.63) is 59.9 Å². The molecule has 1 aromatic heterocycles. The molecule has 2 aromatic rings. The molecule has 1 atom stereocenters. The third-order valence-corrected chi connectivity index (χ3v) is 3.74. The van der Waals surface area contributed by atoms with E-state index in [1.807, 2.05) is 0 Å². The topological polar surface area (TPSA) is 51.7 Å². The average Bonchev–Trinajstić information content (AvgIpc) is 2.62. The van der Waals surface area contributed by atoms with E-state index in [4.69, 9.17) is 4.74 Å². The van der Waals surface area contributed by atoms with Crippen molar-refractivity contribution in [2.75, 3.05) is 19.7 Å². The van der Waals surface area contributed by atoms with Gasteiger partial charge in [-0.3, -0.25) is 9.78 Å². The second kappa shape index (κ2) is 7.35. The molecular weight excluding hydrogens is 318 g/mol. The number of pyridine rings is 1. The van der Waals surface area contributed by atoms with Crippen LogP contribution in [0.2, 0.25) is 0 Å². The van der Waals surface area contributed by atoms with Crippen molar-refractivity contribution in [3.8, 4) is 5.75 Å². The van der Waals surface area contributed by atoms with Gasteiger partial charge in [0.25, 0.3) is 5.91 Å². The summed E-state index contributed by atoms with van der Waals surface area (Å²) < 4.78 is 34.8. The minimum Gasteiger partial charge on any atom is -0.435 e. The summed E-state index contributed by atoms with van der Waals surface area (Å²) in [7, 11) is 0. The summed E-state index contributed by atoms with van der Waals surface area (Å²) >= 11 is 0. The predicted octanol–water partition coefficient (Wildman–Crippen LogP) is 2.90. The van der Waals surface area contributed by atoms with E-state index < -0.39 is 6.61 Å². The Morgan fingerprint density at radius 3 is 2.83 bits per heavy atom. The molecule has 1 amide bonds. The van der Waals surface area contributed by atoms with Crippen LogP contribution in [0, 0.1) is 0 Å².